The first kappa shape index (κ1) is 31.3. The molecule has 0 spiro atoms. The summed E-state index contributed by atoms with van der Waals surface area (Å²) in [6.45, 7) is 3.64. The van der Waals surface area contributed by atoms with Crippen molar-refractivity contribution in [2.45, 2.75) is 13.8 Å². The van der Waals surface area contributed by atoms with E-state index in [2.05, 4.69) is 43.2 Å². The standard InChI is InChI=1S/C16H11FIN3O2.C16H13FIN3/c1-9-2-4-12-11(15(9)21(22)23)6-7-19-16(12)20-14-5-3-10(18)8-13(14)17;1-9-2-4-12-11(15(9)19)6-7-20-16(12)21-14-5-3-10(18)8-13(14)17/h2-8H,1H3,(H,19,20);2-8H,19H2,1H3,(H,20,21). The van der Waals surface area contributed by atoms with Crippen molar-refractivity contribution in [3.05, 3.63) is 125 Å². The van der Waals surface area contributed by atoms with Crippen LogP contribution in [-0.4, -0.2) is 14.9 Å². The molecule has 0 radical (unpaired) electrons. The monoisotopic (exact) mass is 816 g/mol. The summed E-state index contributed by atoms with van der Waals surface area (Å²) in [5.41, 5.74) is 9.11. The Morgan fingerprint density at radius 1 is 0.705 bits per heavy atom. The van der Waals surface area contributed by atoms with Gasteiger partial charge in [-0.1, -0.05) is 18.2 Å². The number of nitro groups is 1. The summed E-state index contributed by atoms with van der Waals surface area (Å²) in [4.78, 5) is 19.4. The van der Waals surface area contributed by atoms with Crippen LogP contribution in [0, 0.1) is 42.7 Å². The van der Waals surface area contributed by atoms with E-state index in [1.807, 2.05) is 53.8 Å². The Hall–Kier alpha value is -4.18. The van der Waals surface area contributed by atoms with Crippen molar-refractivity contribution < 1.29 is 13.7 Å². The highest BCUT2D eigenvalue weighted by atomic mass is 127. The summed E-state index contributed by atoms with van der Waals surface area (Å²) in [5.74, 6) is 0.267. The molecule has 0 bridgehead atoms. The lowest BCUT2D eigenvalue weighted by Crippen LogP contribution is -1.99. The zero-order valence-electron chi connectivity index (χ0n) is 23.3. The van der Waals surface area contributed by atoms with Crippen molar-refractivity contribution >= 4 is 101 Å². The van der Waals surface area contributed by atoms with Crippen molar-refractivity contribution in [2.24, 2.45) is 0 Å². The lowest BCUT2D eigenvalue weighted by molar-refractivity contribution is -0.383. The number of nitrogens with zero attached hydrogens (tertiary/aromatic N) is 3. The van der Waals surface area contributed by atoms with Crippen molar-refractivity contribution in [3.8, 4) is 0 Å². The minimum absolute atomic E-state index is 0.0380. The highest BCUT2D eigenvalue weighted by molar-refractivity contribution is 14.1. The molecule has 0 saturated heterocycles. The number of nitrogens with two attached hydrogens (primary N) is 1. The number of fused-ring (bicyclic) bond motifs is 2. The lowest BCUT2D eigenvalue weighted by Gasteiger charge is -2.12. The fraction of sp³-hybridized carbons (Fsp3) is 0.0625. The number of aryl methyl sites for hydroxylation is 2. The van der Waals surface area contributed by atoms with Crippen molar-refractivity contribution in [2.75, 3.05) is 16.4 Å². The van der Waals surface area contributed by atoms with Crippen LogP contribution in [0.4, 0.5) is 43.2 Å². The van der Waals surface area contributed by atoms with E-state index in [-0.39, 0.29) is 17.2 Å². The number of nitrogen functional groups attached to an aromatic ring is 1. The van der Waals surface area contributed by atoms with Crippen LogP contribution >= 0.6 is 45.2 Å². The molecule has 2 aromatic heterocycles. The second kappa shape index (κ2) is 13.2. The number of hydrogen-bond acceptors (Lipinski definition) is 7. The Labute approximate surface area is 278 Å². The third-order valence-corrected chi connectivity index (χ3v) is 8.22. The summed E-state index contributed by atoms with van der Waals surface area (Å²) in [6.07, 6.45) is 3.15. The second-order valence-corrected chi connectivity index (χ2v) is 12.3. The van der Waals surface area contributed by atoms with Crippen LogP contribution in [0.3, 0.4) is 0 Å². The van der Waals surface area contributed by atoms with E-state index in [0.717, 1.165) is 29.2 Å². The Balaban J connectivity index is 0.000000175. The average molecular weight is 816 g/mol. The molecule has 2 heterocycles. The smallest absolute Gasteiger partial charge is 0.280 e. The van der Waals surface area contributed by atoms with Gasteiger partial charge in [-0.3, -0.25) is 10.1 Å². The lowest BCUT2D eigenvalue weighted by atomic mass is 10.1. The topological polar surface area (TPSA) is 119 Å². The number of pyridine rings is 2. The molecular weight excluding hydrogens is 792 g/mol. The predicted molar refractivity (Wildman–Crippen MR) is 189 cm³/mol. The molecule has 12 heteroatoms. The molecule has 4 aromatic carbocycles. The fourth-order valence-electron chi connectivity index (χ4n) is 4.61. The minimum Gasteiger partial charge on any atom is -0.398 e. The van der Waals surface area contributed by atoms with Gasteiger partial charge in [-0.05, 0) is 119 Å². The summed E-state index contributed by atoms with van der Waals surface area (Å²) in [7, 11) is 0. The summed E-state index contributed by atoms with van der Waals surface area (Å²) < 4.78 is 29.6. The molecule has 0 aliphatic heterocycles. The maximum absolute atomic E-state index is 14.0. The van der Waals surface area contributed by atoms with Crippen LogP contribution in [0.5, 0.6) is 0 Å². The van der Waals surface area contributed by atoms with E-state index >= 15 is 0 Å². The highest BCUT2D eigenvalue weighted by Gasteiger charge is 2.18. The predicted octanol–water partition coefficient (Wildman–Crippen LogP) is 9.55. The largest absolute Gasteiger partial charge is 0.398 e. The van der Waals surface area contributed by atoms with Crippen LogP contribution in [0.15, 0.2) is 85.2 Å². The van der Waals surface area contributed by atoms with Gasteiger partial charge in [0.2, 0.25) is 0 Å². The number of aromatic nitrogens is 2. The first-order valence-corrected chi connectivity index (χ1v) is 15.3. The molecule has 0 amide bonds. The van der Waals surface area contributed by atoms with Gasteiger partial charge in [-0.15, -0.1) is 0 Å². The Morgan fingerprint density at radius 3 is 1.68 bits per heavy atom. The molecule has 44 heavy (non-hydrogen) atoms. The first-order chi connectivity index (χ1) is 21.0. The molecular formula is C32H24F2I2N6O2. The molecule has 0 saturated carbocycles. The number of rotatable bonds is 5. The van der Waals surface area contributed by atoms with Gasteiger partial charge < -0.3 is 16.4 Å². The summed E-state index contributed by atoms with van der Waals surface area (Å²) >= 11 is 4.10. The number of hydrogen-bond donors (Lipinski definition) is 3. The third-order valence-electron chi connectivity index (χ3n) is 6.87. The number of nitrogens with one attached hydrogen (secondary N) is 2. The van der Waals surface area contributed by atoms with Crippen LogP contribution in [0.1, 0.15) is 11.1 Å². The van der Waals surface area contributed by atoms with Gasteiger partial charge in [-0.2, -0.15) is 0 Å². The molecule has 0 unspecified atom stereocenters. The first-order valence-electron chi connectivity index (χ1n) is 13.1. The third kappa shape index (κ3) is 6.65. The molecule has 222 valence electrons. The van der Waals surface area contributed by atoms with Crippen LogP contribution in [0.25, 0.3) is 21.5 Å². The second-order valence-electron chi connectivity index (χ2n) is 9.79. The van der Waals surface area contributed by atoms with Gasteiger partial charge in [0, 0.05) is 46.9 Å². The molecule has 6 aromatic rings. The van der Waals surface area contributed by atoms with E-state index in [0.29, 0.717) is 33.7 Å². The summed E-state index contributed by atoms with van der Waals surface area (Å²) in [6, 6.07) is 20.6. The number of halogens is 4. The minimum atomic E-state index is -0.410. The Morgan fingerprint density at radius 2 is 1.18 bits per heavy atom. The summed E-state index contributed by atoms with van der Waals surface area (Å²) in [5, 5.41) is 20.1. The van der Waals surface area contributed by atoms with Gasteiger partial charge in [0.15, 0.2) is 0 Å². The van der Waals surface area contributed by atoms with Crippen molar-refractivity contribution in [1.29, 1.82) is 0 Å². The van der Waals surface area contributed by atoms with Gasteiger partial charge in [-0.25, -0.2) is 18.7 Å². The van der Waals surface area contributed by atoms with E-state index < -0.39 is 10.7 Å². The molecule has 6 rings (SSSR count). The van der Waals surface area contributed by atoms with Crippen LogP contribution in [0.2, 0.25) is 0 Å². The van der Waals surface area contributed by atoms with Gasteiger partial charge in [0.25, 0.3) is 5.69 Å². The highest BCUT2D eigenvalue weighted by Crippen LogP contribution is 2.34. The number of nitro benzene ring substituents is 1. The maximum atomic E-state index is 14.0. The Kier molecular flexibility index (Phi) is 9.39. The van der Waals surface area contributed by atoms with E-state index in [1.54, 1.807) is 49.5 Å². The molecule has 4 N–H and O–H groups in total. The quantitative estimate of drug-likeness (QED) is 0.0687. The van der Waals surface area contributed by atoms with Gasteiger partial charge >= 0.3 is 0 Å². The Bertz CT molecular complexity index is 2060. The molecule has 0 fully saturated rings. The van der Waals surface area contributed by atoms with E-state index in [9.17, 15) is 18.9 Å². The SMILES string of the molecule is Cc1ccc2c(Nc3ccc(I)cc3F)nccc2c1N.Cc1ccc2c(Nc3ccc(I)cc3F)nccc2c1[N+](=O)[O-]. The molecule has 0 aliphatic carbocycles. The average Bonchev–Trinajstić information content (AvgIpc) is 2.98. The van der Waals surface area contributed by atoms with Crippen LogP contribution < -0.4 is 16.4 Å². The number of anilines is 5. The molecule has 0 aliphatic rings. The van der Waals surface area contributed by atoms with Gasteiger partial charge in [0.05, 0.1) is 21.7 Å². The zero-order valence-corrected chi connectivity index (χ0v) is 27.6. The van der Waals surface area contributed by atoms with E-state index in [4.69, 9.17) is 5.73 Å². The van der Waals surface area contributed by atoms with Gasteiger partial charge in [0.1, 0.15) is 23.3 Å². The van der Waals surface area contributed by atoms with Crippen molar-refractivity contribution in [1.82, 2.24) is 9.97 Å². The molecule has 8 nitrogen and oxygen atoms in total. The normalized spacial score (nSPS) is 10.8. The maximum Gasteiger partial charge on any atom is 0.280 e. The van der Waals surface area contributed by atoms with Crippen LogP contribution in [-0.2, 0) is 0 Å². The zero-order chi connectivity index (χ0) is 31.5. The number of benzene rings is 4. The van der Waals surface area contributed by atoms with E-state index in [1.165, 1.54) is 18.3 Å². The van der Waals surface area contributed by atoms with Crippen molar-refractivity contribution in [3.63, 3.8) is 0 Å². The fourth-order valence-corrected chi connectivity index (χ4v) is 5.52. The molecule has 0 atom stereocenters.